The van der Waals surface area contributed by atoms with Crippen molar-refractivity contribution in [2.75, 3.05) is 5.32 Å². The highest BCUT2D eigenvalue weighted by atomic mass is 79.9. The van der Waals surface area contributed by atoms with E-state index >= 15 is 0 Å². The third kappa shape index (κ3) is 4.71. The molecule has 41 heavy (non-hydrogen) atoms. The van der Waals surface area contributed by atoms with Crippen LogP contribution in [0.15, 0.2) is 35.3 Å². The van der Waals surface area contributed by atoms with Crippen molar-refractivity contribution in [2.45, 2.75) is 52.2 Å². The minimum atomic E-state index is -0.750. The molecule has 14 heteroatoms. The van der Waals surface area contributed by atoms with Crippen molar-refractivity contribution >= 4 is 50.4 Å². The van der Waals surface area contributed by atoms with Crippen LogP contribution in [-0.2, 0) is 16.1 Å². The minimum Gasteiger partial charge on any atom is -0.364 e. The van der Waals surface area contributed by atoms with Crippen LogP contribution in [0.1, 0.15) is 41.6 Å². The highest BCUT2D eigenvalue weighted by Crippen LogP contribution is 2.59. The SMILES string of the molecule is Cc1ncc(-c2cc3c(C(N)=O)nn(CC(=O)N4[C@H](C(=O)Nc5nc(Br)c(F)cc5C)C[C@@]5(C)C[C@@H]45)c3cn2)cn1. The van der Waals surface area contributed by atoms with Gasteiger partial charge in [0.2, 0.25) is 11.8 Å². The number of carbonyl (C=O) groups excluding carboxylic acids is 3. The van der Waals surface area contributed by atoms with Gasteiger partial charge in [-0.05, 0) is 65.7 Å². The number of fused-ring (bicyclic) bond motifs is 2. The third-order valence-electron chi connectivity index (χ3n) is 7.82. The summed E-state index contributed by atoms with van der Waals surface area (Å²) < 4.78 is 15.2. The molecule has 1 saturated carbocycles. The molecule has 1 aliphatic carbocycles. The topological polar surface area (TPSA) is 162 Å². The Hall–Kier alpha value is -4.33. The predicted octanol–water partition coefficient (Wildman–Crippen LogP) is 2.92. The van der Waals surface area contributed by atoms with Gasteiger partial charge in [0.1, 0.15) is 28.8 Å². The molecule has 0 radical (unpaired) electrons. The molecule has 3 atom stereocenters. The lowest BCUT2D eigenvalue weighted by molar-refractivity contribution is -0.138. The van der Waals surface area contributed by atoms with Gasteiger partial charge in [-0.15, -0.1) is 0 Å². The molecule has 210 valence electrons. The van der Waals surface area contributed by atoms with Crippen molar-refractivity contribution in [1.29, 1.82) is 0 Å². The number of halogens is 2. The van der Waals surface area contributed by atoms with Crippen LogP contribution < -0.4 is 11.1 Å². The average Bonchev–Trinajstić information content (AvgIpc) is 3.29. The van der Waals surface area contributed by atoms with Gasteiger partial charge in [0.25, 0.3) is 5.91 Å². The molecule has 1 saturated heterocycles. The summed E-state index contributed by atoms with van der Waals surface area (Å²) in [4.78, 5) is 57.9. The smallest absolute Gasteiger partial charge is 0.269 e. The molecule has 1 aliphatic heterocycles. The van der Waals surface area contributed by atoms with Crippen molar-refractivity contribution in [2.24, 2.45) is 11.1 Å². The molecule has 2 fully saturated rings. The van der Waals surface area contributed by atoms with Crippen LogP contribution >= 0.6 is 15.9 Å². The van der Waals surface area contributed by atoms with E-state index in [0.29, 0.717) is 40.0 Å². The van der Waals surface area contributed by atoms with Crippen molar-refractivity contribution in [3.8, 4) is 11.3 Å². The molecule has 0 spiro atoms. The molecular weight excluding hydrogens is 597 g/mol. The number of piperidine rings is 1. The molecule has 4 aromatic rings. The number of aryl methyl sites for hydroxylation is 2. The summed E-state index contributed by atoms with van der Waals surface area (Å²) in [6.07, 6.45) is 6.03. The quantitative estimate of drug-likeness (QED) is 0.310. The number of aromatic nitrogens is 6. The first-order valence-corrected chi connectivity index (χ1v) is 13.6. The van der Waals surface area contributed by atoms with Crippen LogP contribution in [-0.4, -0.2) is 64.4 Å². The van der Waals surface area contributed by atoms with E-state index in [4.69, 9.17) is 5.73 Å². The number of nitrogens with zero attached hydrogens (tertiary/aromatic N) is 7. The van der Waals surface area contributed by atoms with E-state index in [1.54, 1.807) is 37.2 Å². The number of likely N-dealkylation sites (tertiary alicyclic amines) is 1. The van der Waals surface area contributed by atoms with Crippen LogP contribution in [0.2, 0.25) is 0 Å². The van der Waals surface area contributed by atoms with Gasteiger partial charge in [0.05, 0.1) is 17.4 Å². The molecule has 2 aliphatic rings. The Balaban J connectivity index is 1.28. The number of carbonyl (C=O) groups is 3. The number of nitrogens with one attached hydrogen (secondary N) is 1. The fraction of sp³-hybridized carbons (Fsp3) is 0.333. The maximum absolute atomic E-state index is 13.8. The maximum atomic E-state index is 13.8. The number of pyridine rings is 2. The van der Waals surface area contributed by atoms with E-state index in [2.05, 4.69) is 46.3 Å². The largest absolute Gasteiger partial charge is 0.364 e. The number of primary amides is 1. The van der Waals surface area contributed by atoms with Gasteiger partial charge in [0, 0.05) is 29.4 Å². The molecule has 5 heterocycles. The van der Waals surface area contributed by atoms with Crippen LogP contribution in [0.4, 0.5) is 10.2 Å². The number of hydrogen-bond acceptors (Lipinski definition) is 8. The molecule has 0 unspecified atom stereocenters. The van der Waals surface area contributed by atoms with Crippen molar-refractivity contribution in [3.05, 3.63) is 58.2 Å². The van der Waals surface area contributed by atoms with Gasteiger partial charge in [-0.2, -0.15) is 5.10 Å². The predicted molar refractivity (Wildman–Crippen MR) is 149 cm³/mol. The molecule has 3 amide bonds. The van der Waals surface area contributed by atoms with E-state index in [-0.39, 0.29) is 40.0 Å². The Bertz CT molecular complexity index is 1760. The lowest BCUT2D eigenvalue weighted by atomic mass is 10.0. The second-order valence-electron chi connectivity index (χ2n) is 10.8. The third-order valence-corrected chi connectivity index (χ3v) is 8.38. The van der Waals surface area contributed by atoms with Crippen molar-refractivity contribution in [3.63, 3.8) is 0 Å². The Morgan fingerprint density at radius 3 is 2.59 bits per heavy atom. The van der Waals surface area contributed by atoms with Gasteiger partial charge in [0.15, 0.2) is 11.5 Å². The summed E-state index contributed by atoms with van der Waals surface area (Å²) in [6.45, 7) is 5.22. The summed E-state index contributed by atoms with van der Waals surface area (Å²) in [6, 6.07) is 2.08. The number of anilines is 1. The summed E-state index contributed by atoms with van der Waals surface area (Å²) in [5.74, 6) is -1.21. The second-order valence-corrected chi connectivity index (χ2v) is 11.5. The summed E-state index contributed by atoms with van der Waals surface area (Å²) in [7, 11) is 0. The van der Waals surface area contributed by atoms with E-state index in [9.17, 15) is 18.8 Å². The van der Waals surface area contributed by atoms with Crippen molar-refractivity contribution < 1.29 is 18.8 Å². The highest BCUT2D eigenvalue weighted by Gasteiger charge is 2.64. The van der Waals surface area contributed by atoms with Crippen LogP contribution in [0, 0.1) is 25.1 Å². The monoisotopic (exact) mass is 621 g/mol. The fourth-order valence-electron chi connectivity index (χ4n) is 5.51. The van der Waals surface area contributed by atoms with Crippen LogP contribution in [0.3, 0.4) is 0 Å². The first kappa shape index (κ1) is 26.9. The zero-order valence-corrected chi connectivity index (χ0v) is 23.9. The Kier molecular flexibility index (Phi) is 6.32. The normalized spacial score (nSPS) is 21.1. The van der Waals surface area contributed by atoms with Gasteiger partial charge in [-0.25, -0.2) is 19.3 Å². The van der Waals surface area contributed by atoms with Crippen molar-refractivity contribution in [1.82, 2.24) is 34.6 Å². The Morgan fingerprint density at radius 2 is 1.88 bits per heavy atom. The molecule has 12 nitrogen and oxygen atoms in total. The number of hydrogen-bond donors (Lipinski definition) is 2. The fourth-order valence-corrected chi connectivity index (χ4v) is 5.80. The summed E-state index contributed by atoms with van der Waals surface area (Å²) in [5.41, 5.74) is 7.51. The average molecular weight is 622 g/mol. The molecule has 6 rings (SSSR count). The standard InChI is InChI=1S/C27H25BrFN9O3/c1-12-4-16(29)23(28)34-25(12)35-26(41)18-6-27(3)7-20(27)38(18)21(39)11-37-19-10-33-17(14-8-31-13(2)32-9-14)5-15(19)22(36-37)24(30)40/h4-5,8-10,18,20H,6-7,11H2,1-3H3,(H2,30,40)(H,34,35,41)/t18-,20+,27-/m0/s1. The lowest BCUT2D eigenvalue weighted by Crippen LogP contribution is -2.47. The molecular formula is C27H25BrFN9O3. The minimum absolute atomic E-state index is 0.000100. The van der Waals surface area contributed by atoms with E-state index in [1.807, 2.05) is 6.92 Å². The van der Waals surface area contributed by atoms with Crippen LogP contribution in [0.25, 0.3) is 22.2 Å². The molecule has 4 aromatic heterocycles. The zero-order valence-electron chi connectivity index (χ0n) is 22.4. The first-order valence-electron chi connectivity index (χ1n) is 12.9. The highest BCUT2D eigenvalue weighted by molar-refractivity contribution is 9.10. The Labute approximate surface area is 241 Å². The number of amides is 3. The first-order chi connectivity index (χ1) is 19.4. The maximum Gasteiger partial charge on any atom is 0.269 e. The van der Waals surface area contributed by atoms with Crippen LogP contribution in [0.5, 0.6) is 0 Å². The second kappa shape index (κ2) is 9.65. The Morgan fingerprint density at radius 1 is 1.15 bits per heavy atom. The molecule has 0 bridgehead atoms. The van der Waals surface area contributed by atoms with E-state index in [0.717, 1.165) is 6.42 Å². The molecule has 3 N–H and O–H groups in total. The van der Waals surface area contributed by atoms with E-state index < -0.39 is 23.7 Å². The van der Waals surface area contributed by atoms with Gasteiger partial charge < -0.3 is 16.0 Å². The van der Waals surface area contributed by atoms with Gasteiger partial charge >= 0.3 is 0 Å². The zero-order chi connectivity index (χ0) is 29.2. The van der Waals surface area contributed by atoms with Gasteiger partial charge in [-0.1, -0.05) is 6.92 Å². The number of rotatable bonds is 6. The van der Waals surface area contributed by atoms with E-state index in [1.165, 1.54) is 16.9 Å². The number of nitrogens with two attached hydrogens (primary N) is 1. The molecule has 0 aromatic carbocycles. The van der Waals surface area contributed by atoms with Gasteiger partial charge in [-0.3, -0.25) is 24.0 Å². The lowest BCUT2D eigenvalue weighted by Gasteiger charge is -2.27. The summed E-state index contributed by atoms with van der Waals surface area (Å²) in [5, 5.41) is 7.54. The summed E-state index contributed by atoms with van der Waals surface area (Å²) >= 11 is 3.05.